The van der Waals surface area contributed by atoms with E-state index in [4.69, 9.17) is 4.42 Å². The molecule has 12 rings (SSSR count). The monoisotopic (exact) mass is 956 g/mol. The van der Waals surface area contributed by atoms with Crippen molar-refractivity contribution in [2.45, 2.75) is 59.3 Å². The van der Waals surface area contributed by atoms with Gasteiger partial charge in [0.15, 0.2) is 0 Å². The van der Waals surface area contributed by atoms with Crippen LogP contribution in [0, 0.1) is 0 Å². The maximum atomic E-state index is 6.89. The molecular weight excluding hydrogens is 897 g/mol. The average molecular weight is 957 g/mol. The van der Waals surface area contributed by atoms with Crippen LogP contribution in [0.4, 0.5) is 34.1 Å². The molecule has 0 aliphatic carbocycles. The maximum absolute atomic E-state index is 6.89. The van der Waals surface area contributed by atoms with Gasteiger partial charge in [0, 0.05) is 44.6 Å². The van der Waals surface area contributed by atoms with E-state index in [9.17, 15) is 0 Å². The molecule has 0 N–H and O–H groups in total. The Hall–Kier alpha value is -8.66. The molecule has 0 atom stereocenters. The molecule has 0 aliphatic rings. The summed E-state index contributed by atoms with van der Waals surface area (Å²) in [7, 11) is 0. The van der Waals surface area contributed by atoms with Gasteiger partial charge in [0.25, 0.3) is 0 Å². The van der Waals surface area contributed by atoms with Gasteiger partial charge in [-0.15, -0.1) is 0 Å². The number of para-hydroxylation sites is 2. The second-order valence-electron chi connectivity index (χ2n) is 20.8. The second-order valence-corrected chi connectivity index (χ2v) is 20.8. The third kappa shape index (κ3) is 8.79. The van der Waals surface area contributed by atoms with Crippen molar-refractivity contribution in [3.8, 4) is 33.4 Å². The van der Waals surface area contributed by atoms with Crippen LogP contribution in [0.3, 0.4) is 0 Å². The first-order valence-corrected chi connectivity index (χ1v) is 26.2. The Labute approximate surface area is 435 Å². The van der Waals surface area contributed by atoms with Crippen LogP contribution in [0.1, 0.15) is 76.0 Å². The largest absolute Gasteiger partial charge is 0.456 e. The van der Waals surface area contributed by atoms with Crippen LogP contribution in [-0.4, -0.2) is 0 Å². The number of fused-ring (bicyclic) bond motifs is 5. The van der Waals surface area contributed by atoms with E-state index in [0.717, 1.165) is 77.6 Å². The van der Waals surface area contributed by atoms with E-state index >= 15 is 0 Å². The minimum absolute atomic E-state index is 0.439. The molecule has 360 valence electrons. The number of hydrogen-bond acceptors (Lipinski definition) is 3. The smallest absolute Gasteiger partial charge is 0.136 e. The molecule has 0 fully saturated rings. The molecule has 74 heavy (non-hydrogen) atoms. The van der Waals surface area contributed by atoms with Crippen LogP contribution < -0.4 is 9.80 Å². The molecule has 0 radical (unpaired) electrons. The van der Waals surface area contributed by atoms with Crippen molar-refractivity contribution >= 4 is 77.6 Å². The third-order valence-electron chi connectivity index (χ3n) is 15.0. The van der Waals surface area contributed by atoms with Crippen molar-refractivity contribution in [2.75, 3.05) is 9.80 Å². The van der Waals surface area contributed by atoms with Gasteiger partial charge >= 0.3 is 0 Å². The third-order valence-corrected chi connectivity index (χ3v) is 15.0. The van der Waals surface area contributed by atoms with E-state index in [1.54, 1.807) is 0 Å². The van der Waals surface area contributed by atoms with Gasteiger partial charge in [0.2, 0.25) is 0 Å². The SMILES string of the molecule is CC(C)c1ccc(-c2ccccc2N(c2ccc(C(C)C)cc2)c2ccc3cc4c(cc3c2)oc2cc3cc(N(c5cccc(-c6ccccc6)c5)c5ccccc5-c5ccc(C(C)C)cc5)ccc3cc24)cc1. The molecule has 12 aromatic rings. The first-order valence-electron chi connectivity index (χ1n) is 26.2. The summed E-state index contributed by atoms with van der Waals surface area (Å²) < 4.78 is 6.89. The van der Waals surface area contributed by atoms with Gasteiger partial charge in [0.1, 0.15) is 11.2 Å². The number of anilines is 6. The molecule has 0 bridgehead atoms. The van der Waals surface area contributed by atoms with Gasteiger partial charge in [-0.25, -0.2) is 0 Å². The Morgan fingerprint density at radius 2 is 0.689 bits per heavy atom. The summed E-state index contributed by atoms with van der Waals surface area (Å²) in [5.41, 5.74) is 19.4. The number of benzene rings is 11. The molecule has 3 nitrogen and oxygen atoms in total. The normalized spacial score (nSPS) is 11.7. The van der Waals surface area contributed by atoms with Gasteiger partial charge < -0.3 is 14.2 Å². The average Bonchev–Trinajstić information content (AvgIpc) is 3.78. The van der Waals surface area contributed by atoms with Crippen molar-refractivity contribution in [1.29, 1.82) is 0 Å². The first kappa shape index (κ1) is 46.4. The molecular formula is C71H60N2O. The molecule has 0 saturated heterocycles. The zero-order valence-corrected chi connectivity index (χ0v) is 43.1. The highest BCUT2D eigenvalue weighted by molar-refractivity contribution is 6.14. The van der Waals surface area contributed by atoms with Gasteiger partial charge in [-0.1, -0.05) is 193 Å². The van der Waals surface area contributed by atoms with E-state index in [2.05, 4.69) is 288 Å². The zero-order chi connectivity index (χ0) is 50.5. The minimum Gasteiger partial charge on any atom is -0.456 e. The van der Waals surface area contributed by atoms with Crippen LogP contribution in [0.5, 0.6) is 0 Å². The van der Waals surface area contributed by atoms with Crippen LogP contribution in [0.15, 0.2) is 241 Å². The zero-order valence-electron chi connectivity index (χ0n) is 43.1. The molecule has 0 saturated carbocycles. The van der Waals surface area contributed by atoms with E-state index in [-0.39, 0.29) is 0 Å². The summed E-state index contributed by atoms with van der Waals surface area (Å²) >= 11 is 0. The molecule has 3 heteroatoms. The van der Waals surface area contributed by atoms with Crippen LogP contribution in [0.25, 0.3) is 76.9 Å². The second kappa shape index (κ2) is 19.4. The maximum Gasteiger partial charge on any atom is 0.136 e. The van der Waals surface area contributed by atoms with Crippen molar-refractivity contribution in [3.05, 3.63) is 253 Å². The lowest BCUT2D eigenvalue weighted by atomic mass is 9.96. The highest BCUT2D eigenvalue weighted by Gasteiger charge is 2.22. The summed E-state index contributed by atoms with van der Waals surface area (Å²) in [6.07, 6.45) is 0. The Balaban J connectivity index is 0.966. The van der Waals surface area contributed by atoms with Gasteiger partial charge in [-0.2, -0.15) is 0 Å². The summed E-state index contributed by atoms with van der Waals surface area (Å²) in [6, 6.07) is 87.1. The van der Waals surface area contributed by atoms with Crippen LogP contribution >= 0.6 is 0 Å². The minimum atomic E-state index is 0.439. The fourth-order valence-electron chi connectivity index (χ4n) is 10.8. The molecule has 0 unspecified atom stereocenters. The number of rotatable bonds is 12. The Morgan fingerprint density at radius 1 is 0.284 bits per heavy atom. The van der Waals surface area contributed by atoms with Crippen LogP contribution in [-0.2, 0) is 0 Å². The van der Waals surface area contributed by atoms with Gasteiger partial charge in [-0.05, 0) is 163 Å². The topological polar surface area (TPSA) is 19.6 Å². The predicted octanol–water partition coefficient (Wildman–Crippen LogP) is 21.2. The first-order chi connectivity index (χ1) is 36.1. The summed E-state index contributed by atoms with van der Waals surface area (Å²) in [5, 5.41) is 6.77. The molecule has 1 aromatic heterocycles. The molecule has 0 aliphatic heterocycles. The molecule has 0 spiro atoms. The summed E-state index contributed by atoms with van der Waals surface area (Å²) in [4.78, 5) is 4.82. The van der Waals surface area contributed by atoms with Gasteiger partial charge in [0.05, 0.1) is 11.4 Å². The van der Waals surface area contributed by atoms with E-state index in [1.807, 2.05) is 0 Å². The summed E-state index contributed by atoms with van der Waals surface area (Å²) in [6.45, 7) is 13.5. The van der Waals surface area contributed by atoms with E-state index < -0.39 is 0 Å². The standard InChI is InChI=1S/C71H60N2O/c1-46(2)49-23-27-53(28-24-49)64-19-10-12-21-68(64)72(60-35-31-51(32-36-60)48(5)6)62-37-33-56-42-66-67-43-57-34-38-63(41-59(57)45-71(67)74-70(66)44-58(56)40-62)73(61-18-14-17-55(39-61)52-15-8-7-9-16-52)69-22-13-11-20-65(69)54-29-25-50(26-30-54)47(3)4/h7-48H,1-6H3. The highest BCUT2D eigenvalue weighted by atomic mass is 16.3. The van der Waals surface area contributed by atoms with Gasteiger partial charge in [-0.3, -0.25) is 0 Å². The van der Waals surface area contributed by atoms with Crippen molar-refractivity contribution in [3.63, 3.8) is 0 Å². The van der Waals surface area contributed by atoms with Crippen LogP contribution in [0.2, 0.25) is 0 Å². The Kier molecular flexibility index (Phi) is 12.2. The van der Waals surface area contributed by atoms with E-state index in [0.29, 0.717) is 17.8 Å². The molecule has 11 aromatic carbocycles. The van der Waals surface area contributed by atoms with Crippen molar-refractivity contribution < 1.29 is 4.42 Å². The van der Waals surface area contributed by atoms with E-state index in [1.165, 1.54) is 50.1 Å². The Bertz CT molecular complexity index is 3980. The number of hydrogen-bond donors (Lipinski definition) is 0. The fraction of sp³-hybridized carbons (Fsp3) is 0.127. The predicted molar refractivity (Wildman–Crippen MR) is 317 cm³/mol. The number of nitrogens with zero attached hydrogens (tertiary/aromatic N) is 2. The Morgan fingerprint density at radius 3 is 1.18 bits per heavy atom. The van der Waals surface area contributed by atoms with Crippen molar-refractivity contribution in [2.24, 2.45) is 0 Å². The fourth-order valence-corrected chi connectivity index (χ4v) is 10.8. The summed E-state index contributed by atoms with van der Waals surface area (Å²) in [5.74, 6) is 1.37. The molecule has 1 heterocycles. The lowest BCUT2D eigenvalue weighted by molar-refractivity contribution is 0.670. The molecule has 0 amide bonds. The lowest BCUT2D eigenvalue weighted by Gasteiger charge is -2.28. The quantitative estimate of drug-likeness (QED) is 0.122. The van der Waals surface area contributed by atoms with Crippen molar-refractivity contribution in [1.82, 2.24) is 0 Å². The number of furan rings is 1. The highest BCUT2D eigenvalue weighted by Crippen LogP contribution is 2.46. The lowest BCUT2D eigenvalue weighted by Crippen LogP contribution is -2.11.